The fourth-order valence-corrected chi connectivity index (χ4v) is 2.63. The molecule has 1 aromatic rings. The van der Waals surface area contributed by atoms with E-state index in [1.165, 1.54) is 18.2 Å². The lowest BCUT2D eigenvalue weighted by Crippen LogP contribution is -2.48. The van der Waals surface area contributed by atoms with Crippen molar-refractivity contribution in [3.8, 4) is 0 Å². The molecule has 0 unspecified atom stereocenters. The highest BCUT2D eigenvalue weighted by molar-refractivity contribution is 7.89. The van der Waals surface area contributed by atoms with E-state index in [0.717, 1.165) is 6.07 Å². The maximum absolute atomic E-state index is 13.3. The van der Waals surface area contributed by atoms with Crippen molar-refractivity contribution in [3.63, 3.8) is 0 Å². The Morgan fingerprint density at radius 2 is 1.94 bits per heavy atom. The fraction of sp³-hybridized carbons (Fsp3) is 0.400. The van der Waals surface area contributed by atoms with E-state index < -0.39 is 21.4 Å². The summed E-state index contributed by atoms with van der Waals surface area (Å²) in [6.07, 6.45) is 0. The molecule has 16 heavy (non-hydrogen) atoms. The van der Waals surface area contributed by atoms with Gasteiger partial charge in [-0.05, 0) is 26.0 Å². The topological polar surface area (TPSA) is 72.2 Å². The number of sulfonamides is 1. The SMILES string of the molecule is CC(C)(CN)NS(=O)(=O)c1ccccc1F. The molecule has 0 saturated carbocycles. The minimum Gasteiger partial charge on any atom is -0.329 e. The van der Waals surface area contributed by atoms with Gasteiger partial charge >= 0.3 is 0 Å². The van der Waals surface area contributed by atoms with Crippen LogP contribution in [0.5, 0.6) is 0 Å². The zero-order chi connectivity index (χ0) is 12.4. The van der Waals surface area contributed by atoms with Gasteiger partial charge in [0.15, 0.2) is 0 Å². The Hall–Kier alpha value is -0.980. The highest BCUT2D eigenvalue weighted by Crippen LogP contribution is 2.15. The maximum Gasteiger partial charge on any atom is 0.244 e. The van der Waals surface area contributed by atoms with Gasteiger partial charge in [0.2, 0.25) is 10.0 Å². The minimum atomic E-state index is -3.87. The third kappa shape index (κ3) is 3.01. The third-order valence-electron chi connectivity index (χ3n) is 2.05. The molecule has 0 radical (unpaired) electrons. The van der Waals surface area contributed by atoms with Crippen LogP contribution in [0.3, 0.4) is 0 Å². The lowest BCUT2D eigenvalue weighted by molar-refractivity contribution is 0.459. The molecule has 3 N–H and O–H groups in total. The van der Waals surface area contributed by atoms with Crippen LogP contribution in [0.15, 0.2) is 29.2 Å². The smallest absolute Gasteiger partial charge is 0.244 e. The quantitative estimate of drug-likeness (QED) is 0.827. The molecule has 6 heteroatoms. The second kappa shape index (κ2) is 4.48. The van der Waals surface area contributed by atoms with Crippen molar-refractivity contribution in [2.45, 2.75) is 24.3 Å². The average molecular weight is 246 g/mol. The number of halogens is 1. The Labute approximate surface area is 94.7 Å². The summed E-state index contributed by atoms with van der Waals surface area (Å²) < 4.78 is 39.3. The lowest BCUT2D eigenvalue weighted by Gasteiger charge is -2.23. The summed E-state index contributed by atoms with van der Waals surface area (Å²) in [6, 6.07) is 5.21. The summed E-state index contributed by atoms with van der Waals surface area (Å²) in [5, 5.41) is 0. The largest absolute Gasteiger partial charge is 0.329 e. The maximum atomic E-state index is 13.3. The number of nitrogens with two attached hydrogens (primary N) is 1. The molecule has 0 atom stereocenters. The monoisotopic (exact) mass is 246 g/mol. The first-order chi connectivity index (χ1) is 7.28. The number of nitrogens with one attached hydrogen (secondary N) is 1. The zero-order valence-corrected chi connectivity index (χ0v) is 10.0. The number of benzene rings is 1. The van der Waals surface area contributed by atoms with Crippen molar-refractivity contribution < 1.29 is 12.8 Å². The van der Waals surface area contributed by atoms with Crippen LogP contribution in [-0.2, 0) is 10.0 Å². The van der Waals surface area contributed by atoms with Crippen molar-refractivity contribution >= 4 is 10.0 Å². The van der Waals surface area contributed by atoms with Gasteiger partial charge < -0.3 is 5.73 Å². The van der Waals surface area contributed by atoms with Gasteiger partial charge in [-0.15, -0.1) is 0 Å². The van der Waals surface area contributed by atoms with Crippen molar-refractivity contribution in [2.75, 3.05) is 6.54 Å². The molecule has 0 aromatic heterocycles. The van der Waals surface area contributed by atoms with E-state index in [1.807, 2.05) is 0 Å². The van der Waals surface area contributed by atoms with Crippen LogP contribution in [0.1, 0.15) is 13.8 Å². The highest BCUT2D eigenvalue weighted by atomic mass is 32.2. The van der Waals surface area contributed by atoms with Crippen LogP contribution >= 0.6 is 0 Å². The number of rotatable bonds is 4. The second-order valence-electron chi connectivity index (χ2n) is 4.12. The van der Waals surface area contributed by atoms with E-state index in [2.05, 4.69) is 4.72 Å². The van der Waals surface area contributed by atoms with E-state index in [1.54, 1.807) is 13.8 Å². The van der Waals surface area contributed by atoms with Gasteiger partial charge in [0.25, 0.3) is 0 Å². The van der Waals surface area contributed by atoms with Gasteiger partial charge in [0, 0.05) is 12.1 Å². The van der Waals surface area contributed by atoms with Gasteiger partial charge in [-0.3, -0.25) is 0 Å². The Balaban J connectivity index is 3.09. The Bertz CT molecular complexity index is 471. The van der Waals surface area contributed by atoms with Gasteiger partial charge in [-0.1, -0.05) is 12.1 Å². The molecule has 0 spiro atoms. The summed E-state index contributed by atoms with van der Waals surface area (Å²) in [4.78, 5) is -0.364. The van der Waals surface area contributed by atoms with Crippen molar-refractivity contribution in [1.82, 2.24) is 4.72 Å². The Kier molecular flexibility index (Phi) is 3.67. The number of hydrogen-bond donors (Lipinski definition) is 2. The molecule has 0 fully saturated rings. The number of hydrogen-bond acceptors (Lipinski definition) is 3. The van der Waals surface area contributed by atoms with Crippen LogP contribution in [0, 0.1) is 5.82 Å². The van der Waals surface area contributed by atoms with Crippen molar-refractivity contribution in [1.29, 1.82) is 0 Å². The second-order valence-corrected chi connectivity index (χ2v) is 5.77. The van der Waals surface area contributed by atoms with E-state index in [4.69, 9.17) is 5.73 Å². The minimum absolute atomic E-state index is 0.126. The Morgan fingerprint density at radius 3 is 2.44 bits per heavy atom. The average Bonchev–Trinajstić information content (AvgIpc) is 2.16. The van der Waals surface area contributed by atoms with E-state index in [9.17, 15) is 12.8 Å². The van der Waals surface area contributed by atoms with Crippen molar-refractivity contribution in [3.05, 3.63) is 30.1 Å². The first kappa shape index (κ1) is 13.1. The summed E-state index contributed by atoms with van der Waals surface area (Å²) in [6.45, 7) is 3.39. The molecular formula is C10H15FN2O2S. The molecule has 1 rings (SSSR count). The fourth-order valence-electron chi connectivity index (χ4n) is 1.12. The predicted octanol–water partition coefficient (Wildman–Crippen LogP) is 0.841. The molecule has 0 saturated heterocycles. The van der Waals surface area contributed by atoms with Crippen LogP contribution < -0.4 is 10.5 Å². The molecule has 0 amide bonds. The summed E-state index contributed by atoms with van der Waals surface area (Å²) in [7, 11) is -3.87. The molecule has 0 aliphatic heterocycles. The van der Waals surface area contributed by atoms with Crippen LogP contribution in [0.4, 0.5) is 4.39 Å². The molecular weight excluding hydrogens is 231 g/mol. The standard InChI is InChI=1S/C10H15FN2O2S/c1-10(2,7-12)13-16(14,15)9-6-4-3-5-8(9)11/h3-6,13H,7,12H2,1-2H3. The summed E-state index contributed by atoms with van der Waals surface area (Å²) in [5.41, 5.74) is 4.60. The molecule has 0 bridgehead atoms. The summed E-state index contributed by atoms with van der Waals surface area (Å²) >= 11 is 0. The van der Waals surface area contributed by atoms with Crippen LogP contribution in [0.2, 0.25) is 0 Å². The van der Waals surface area contributed by atoms with Gasteiger partial charge in [-0.2, -0.15) is 0 Å². The first-order valence-electron chi connectivity index (χ1n) is 4.77. The molecule has 0 aliphatic carbocycles. The molecule has 0 heterocycles. The van der Waals surface area contributed by atoms with Gasteiger partial charge in [0.05, 0.1) is 0 Å². The summed E-state index contributed by atoms with van der Waals surface area (Å²) in [5.74, 6) is -0.775. The first-order valence-corrected chi connectivity index (χ1v) is 6.25. The van der Waals surface area contributed by atoms with Gasteiger partial charge in [0.1, 0.15) is 10.7 Å². The van der Waals surface area contributed by atoms with Crippen LogP contribution in [-0.4, -0.2) is 20.5 Å². The Morgan fingerprint density at radius 1 is 1.38 bits per heavy atom. The molecule has 0 aliphatic rings. The van der Waals surface area contributed by atoms with E-state index in [-0.39, 0.29) is 11.4 Å². The van der Waals surface area contributed by atoms with Crippen molar-refractivity contribution in [2.24, 2.45) is 5.73 Å². The molecule has 1 aromatic carbocycles. The van der Waals surface area contributed by atoms with E-state index in [0.29, 0.717) is 0 Å². The zero-order valence-electron chi connectivity index (χ0n) is 9.20. The highest BCUT2D eigenvalue weighted by Gasteiger charge is 2.26. The van der Waals surface area contributed by atoms with E-state index >= 15 is 0 Å². The lowest BCUT2D eigenvalue weighted by atomic mass is 10.1. The normalized spacial score (nSPS) is 12.8. The third-order valence-corrected chi connectivity index (χ3v) is 3.78. The van der Waals surface area contributed by atoms with Crippen LogP contribution in [0.25, 0.3) is 0 Å². The molecule has 4 nitrogen and oxygen atoms in total. The van der Waals surface area contributed by atoms with Gasteiger partial charge in [-0.25, -0.2) is 17.5 Å². The predicted molar refractivity (Wildman–Crippen MR) is 59.9 cm³/mol. The molecule has 90 valence electrons.